The molecule has 3 aliphatic rings. The number of nitrogens with zero attached hydrogens (tertiary/aromatic N) is 1. The summed E-state index contributed by atoms with van der Waals surface area (Å²) < 4.78 is 0. The molecule has 0 radical (unpaired) electrons. The quantitative estimate of drug-likeness (QED) is 0.776. The van der Waals surface area contributed by atoms with Crippen LogP contribution >= 0.6 is 0 Å². The van der Waals surface area contributed by atoms with Crippen molar-refractivity contribution in [3.8, 4) is 0 Å². The Morgan fingerprint density at radius 1 is 1.25 bits per heavy atom. The Hall–Kier alpha value is -0.0800. The summed E-state index contributed by atoms with van der Waals surface area (Å²) in [5.74, 6) is 0.769. The first-order valence-corrected chi connectivity index (χ1v) is 6.97. The van der Waals surface area contributed by atoms with E-state index in [-0.39, 0.29) is 11.5 Å². The summed E-state index contributed by atoms with van der Waals surface area (Å²) in [6, 6.07) is 0. The molecule has 1 heterocycles. The van der Waals surface area contributed by atoms with Gasteiger partial charge in [-0.15, -0.1) is 0 Å². The normalized spacial score (nSPS) is 46.7. The lowest BCUT2D eigenvalue weighted by Gasteiger charge is -2.43. The maximum Gasteiger partial charge on any atom is 0.0616 e. The molecule has 2 saturated carbocycles. The van der Waals surface area contributed by atoms with Gasteiger partial charge in [-0.2, -0.15) is 0 Å². The van der Waals surface area contributed by atoms with Crippen molar-refractivity contribution in [2.24, 2.45) is 16.7 Å². The number of likely N-dealkylation sites (tertiary alicyclic amines) is 1. The zero-order chi connectivity index (χ0) is 11.4. The van der Waals surface area contributed by atoms with E-state index in [9.17, 15) is 5.11 Å². The van der Waals surface area contributed by atoms with Crippen LogP contribution in [0.1, 0.15) is 46.0 Å². The monoisotopic (exact) mass is 223 g/mol. The molecule has 2 nitrogen and oxygen atoms in total. The van der Waals surface area contributed by atoms with Crippen molar-refractivity contribution in [1.29, 1.82) is 0 Å². The van der Waals surface area contributed by atoms with Gasteiger partial charge in [-0.1, -0.05) is 13.8 Å². The van der Waals surface area contributed by atoms with Crippen LogP contribution in [0.3, 0.4) is 0 Å². The van der Waals surface area contributed by atoms with E-state index in [0.29, 0.717) is 5.41 Å². The van der Waals surface area contributed by atoms with Crippen LogP contribution in [0.15, 0.2) is 0 Å². The van der Waals surface area contributed by atoms with Gasteiger partial charge in [-0.25, -0.2) is 0 Å². The number of fused-ring (bicyclic) bond motifs is 2. The number of rotatable bonds is 2. The van der Waals surface area contributed by atoms with Gasteiger partial charge in [0.25, 0.3) is 0 Å². The van der Waals surface area contributed by atoms with Crippen molar-refractivity contribution in [1.82, 2.24) is 4.90 Å². The first-order valence-electron chi connectivity index (χ1n) is 6.97. The van der Waals surface area contributed by atoms with Crippen molar-refractivity contribution < 1.29 is 5.11 Å². The molecule has 0 aromatic heterocycles. The molecule has 3 atom stereocenters. The number of hydrogen-bond donors (Lipinski definition) is 1. The second kappa shape index (κ2) is 3.46. The lowest BCUT2D eigenvalue weighted by Crippen LogP contribution is -2.47. The zero-order valence-corrected chi connectivity index (χ0v) is 10.7. The lowest BCUT2D eigenvalue weighted by atomic mass is 9.68. The topological polar surface area (TPSA) is 23.5 Å². The second-order valence-electron chi connectivity index (χ2n) is 6.85. The molecular weight excluding hydrogens is 198 g/mol. The van der Waals surface area contributed by atoms with Crippen LogP contribution in [0.25, 0.3) is 0 Å². The Morgan fingerprint density at radius 2 is 1.94 bits per heavy atom. The van der Waals surface area contributed by atoms with E-state index in [4.69, 9.17) is 0 Å². The van der Waals surface area contributed by atoms with E-state index < -0.39 is 0 Å². The average Bonchev–Trinajstić information content (AvgIpc) is 2.84. The highest BCUT2D eigenvalue weighted by atomic mass is 16.3. The van der Waals surface area contributed by atoms with Crippen LogP contribution in [0, 0.1) is 16.7 Å². The first-order chi connectivity index (χ1) is 7.56. The molecule has 3 rings (SSSR count). The van der Waals surface area contributed by atoms with E-state index in [2.05, 4.69) is 18.7 Å². The maximum atomic E-state index is 10.4. The standard InChI is InChI=1S/C14H25NO/c1-13(2)11-5-6-14(13,12(16)9-11)10-15-7-3-4-8-15/h11-12,16H,3-10H2,1-2H3/t11-,12-,14-/m0/s1. The third-order valence-corrected chi connectivity index (χ3v) is 6.09. The molecule has 0 amide bonds. The summed E-state index contributed by atoms with van der Waals surface area (Å²) in [7, 11) is 0. The summed E-state index contributed by atoms with van der Waals surface area (Å²) in [4.78, 5) is 2.60. The van der Waals surface area contributed by atoms with Gasteiger partial charge in [0.05, 0.1) is 6.10 Å². The summed E-state index contributed by atoms with van der Waals surface area (Å²) in [5.41, 5.74) is 0.566. The first kappa shape index (κ1) is 11.0. The molecule has 0 aromatic carbocycles. The summed E-state index contributed by atoms with van der Waals surface area (Å²) in [6.45, 7) is 8.47. The summed E-state index contributed by atoms with van der Waals surface area (Å²) >= 11 is 0. The summed E-state index contributed by atoms with van der Waals surface area (Å²) in [5, 5.41) is 10.4. The molecule has 2 bridgehead atoms. The minimum atomic E-state index is -0.0400. The Balaban J connectivity index is 1.83. The van der Waals surface area contributed by atoms with Gasteiger partial charge in [0.1, 0.15) is 0 Å². The highest BCUT2D eigenvalue weighted by molar-refractivity contribution is 5.13. The van der Waals surface area contributed by atoms with Crippen LogP contribution in [-0.4, -0.2) is 35.7 Å². The molecule has 2 heteroatoms. The van der Waals surface area contributed by atoms with Crippen molar-refractivity contribution in [3.63, 3.8) is 0 Å². The minimum Gasteiger partial charge on any atom is -0.392 e. The SMILES string of the molecule is CC1(C)[C@H]2CC[C@]1(CN1CCCC1)[C@@H](O)C2. The van der Waals surface area contributed by atoms with Crippen LogP contribution in [0.2, 0.25) is 0 Å². The Morgan fingerprint density at radius 3 is 2.44 bits per heavy atom. The predicted molar refractivity (Wildman–Crippen MR) is 65.2 cm³/mol. The van der Waals surface area contributed by atoms with Crippen molar-refractivity contribution in [3.05, 3.63) is 0 Å². The van der Waals surface area contributed by atoms with Crippen LogP contribution in [0.5, 0.6) is 0 Å². The van der Waals surface area contributed by atoms with Gasteiger partial charge in [0.2, 0.25) is 0 Å². The fourth-order valence-corrected chi connectivity index (χ4v) is 4.75. The van der Waals surface area contributed by atoms with Gasteiger partial charge >= 0.3 is 0 Å². The Bertz CT molecular complexity index is 282. The second-order valence-corrected chi connectivity index (χ2v) is 6.85. The third kappa shape index (κ3) is 1.26. The van der Waals surface area contributed by atoms with Gasteiger partial charge in [-0.05, 0) is 56.5 Å². The summed E-state index contributed by atoms with van der Waals surface area (Å²) in [6.07, 6.45) is 6.33. The molecule has 92 valence electrons. The van der Waals surface area contributed by atoms with E-state index in [1.807, 2.05) is 0 Å². The number of aliphatic hydroxyl groups is 1. The largest absolute Gasteiger partial charge is 0.392 e. The molecular formula is C14H25NO. The fourth-order valence-electron chi connectivity index (χ4n) is 4.75. The molecule has 1 aliphatic heterocycles. The highest BCUT2D eigenvalue weighted by Gasteiger charge is 2.63. The van der Waals surface area contributed by atoms with E-state index in [0.717, 1.165) is 18.9 Å². The predicted octanol–water partition coefficient (Wildman–Crippen LogP) is 2.27. The van der Waals surface area contributed by atoms with E-state index >= 15 is 0 Å². The third-order valence-electron chi connectivity index (χ3n) is 6.09. The maximum absolute atomic E-state index is 10.4. The van der Waals surface area contributed by atoms with Crippen molar-refractivity contribution in [2.45, 2.75) is 52.1 Å². The van der Waals surface area contributed by atoms with Crippen LogP contribution < -0.4 is 0 Å². The smallest absolute Gasteiger partial charge is 0.0616 e. The number of hydrogen-bond acceptors (Lipinski definition) is 2. The Kier molecular flexibility index (Phi) is 2.38. The van der Waals surface area contributed by atoms with Crippen LogP contribution in [-0.2, 0) is 0 Å². The van der Waals surface area contributed by atoms with Gasteiger partial charge in [0.15, 0.2) is 0 Å². The van der Waals surface area contributed by atoms with Gasteiger partial charge < -0.3 is 10.0 Å². The highest BCUT2D eigenvalue weighted by Crippen LogP contribution is 2.65. The van der Waals surface area contributed by atoms with Crippen molar-refractivity contribution in [2.75, 3.05) is 19.6 Å². The van der Waals surface area contributed by atoms with E-state index in [1.54, 1.807) is 0 Å². The molecule has 16 heavy (non-hydrogen) atoms. The number of aliphatic hydroxyl groups excluding tert-OH is 1. The molecule has 1 saturated heterocycles. The zero-order valence-electron chi connectivity index (χ0n) is 10.7. The fraction of sp³-hybridized carbons (Fsp3) is 1.00. The molecule has 0 spiro atoms. The van der Waals surface area contributed by atoms with Gasteiger partial charge in [0, 0.05) is 12.0 Å². The minimum absolute atomic E-state index is 0.0400. The van der Waals surface area contributed by atoms with Crippen molar-refractivity contribution >= 4 is 0 Å². The molecule has 2 aliphatic carbocycles. The molecule has 0 aromatic rings. The van der Waals surface area contributed by atoms with Gasteiger partial charge in [-0.3, -0.25) is 0 Å². The van der Waals surface area contributed by atoms with E-state index in [1.165, 1.54) is 38.8 Å². The average molecular weight is 223 g/mol. The lowest BCUT2D eigenvalue weighted by molar-refractivity contribution is -0.0258. The molecule has 1 N–H and O–H groups in total. The van der Waals surface area contributed by atoms with Crippen LogP contribution in [0.4, 0.5) is 0 Å². The molecule has 3 fully saturated rings. The molecule has 0 unspecified atom stereocenters. The Labute approximate surface area is 99.0 Å².